The van der Waals surface area contributed by atoms with Crippen LogP contribution in [0.25, 0.3) is 28.8 Å². The van der Waals surface area contributed by atoms with Crippen LogP contribution in [0.1, 0.15) is 47.8 Å². The first-order valence-corrected chi connectivity index (χ1v) is 19.3. The molecule has 0 amide bonds. The second kappa shape index (κ2) is 26.7. The summed E-state index contributed by atoms with van der Waals surface area (Å²) in [5.41, 5.74) is 4.02. The van der Waals surface area contributed by atoms with E-state index in [0.29, 0.717) is 33.4 Å². The van der Waals surface area contributed by atoms with Gasteiger partial charge in [-0.05, 0) is 47.1 Å². The number of nitrogens with zero attached hydrogens (tertiary/aromatic N) is 2. The van der Waals surface area contributed by atoms with Gasteiger partial charge in [0.1, 0.15) is 5.69 Å². The Morgan fingerprint density at radius 1 is 0.365 bits per heavy atom. The maximum absolute atomic E-state index is 11.8. The van der Waals surface area contributed by atoms with Crippen molar-refractivity contribution in [1.82, 2.24) is 15.0 Å². The number of benzene rings is 6. The molecule has 0 radical (unpaired) electrons. The van der Waals surface area contributed by atoms with E-state index < -0.39 is 0 Å². The van der Waals surface area contributed by atoms with Crippen LogP contribution in [0.15, 0.2) is 237 Å². The van der Waals surface area contributed by atoms with Crippen molar-refractivity contribution in [3.8, 4) is 11.5 Å². The minimum absolute atomic E-state index is 0. The molecule has 0 saturated heterocycles. The molecule has 2 heterocycles. The maximum atomic E-state index is 11.8. The molecule has 0 aliphatic rings. The number of hydrogen-bond acceptors (Lipinski definition) is 8. The normalized spacial score (nSPS) is 10.8. The van der Waals surface area contributed by atoms with E-state index in [-0.39, 0.29) is 73.2 Å². The molecule has 10 heteroatoms. The molecule has 0 unspecified atom stereocenters. The second-order valence-corrected chi connectivity index (χ2v) is 13.0. The summed E-state index contributed by atoms with van der Waals surface area (Å²) in [6.07, 6.45) is 8.63. The van der Waals surface area contributed by atoms with Crippen LogP contribution >= 0.6 is 0 Å². The summed E-state index contributed by atoms with van der Waals surface area (Å²) in [4.78, 5) is 46.4. The summed E-state index contributed by atoms with van der Waals surface area (Å²) >= 11 is 0. The van der Waals surface area contributed by atoms with Crippen LogP contribution in [0, 0.1) is 38.6 Å². The van der Waals surface area contributed by atoms with Crippen LogP contribution in [-0.2, 0) is 0 Å². The number of allylic oxidation sites excluding steroid dienone is 3. The molecule has 8 rings (SSSR count). The smallest absolute Gasteiger partial charge is 0.872 e. The number of pyridine rings is 1. The van der Waals surface area contributed by atoms with Crippen LogP contribution in [0.3, 0.4) is 0 Å². The molecule has 8 aromatic rings. The monoisotopic (exact) mass is 973 g/mol. The van der Waals surface area contributed by atoms with Gasteiger partial charge in [-0.2, -0.15) is 0 Å². The first kappa shape index (κ1) is 48.3. The van der Waals surface area contributed by atoms with Crippen LogP contribution in [0.5, 0.6) is 0 Å². The SMILES string of the molecule is O=C(/C=C(\[O-])c1ccccc1)c1ccccc1.O=C(/C=C(\[O-])c1ccccc1)c1ccccc1.O=C(/C=C(\[O-])c1ccccc1)c1ccccc1.[Tb+3].c1ccc(-c2ncc[nH]2)nc1. The van der Waals surface area contributed by atoms with Crippen molar-refractivity contribution in [2.45, 2.75) is 0 Å². The largest absolute Gasteiger partial charge is 3.00 e. The molecule has 312 valence electrons. The quantitative estimate of drug-likeness (QED) is 0.0814. The van der Waals surface area contributed by atoms with Gasteiger partial charge in [-0.15, -0.1) is 0 Å². The van der Waals surface area contributed by atoms with Crippen molar-refractivity contribution < 1.29 is 68.3 Å². The molecule has 2 aromatic heterocycles. The Morgan fingerprint density at radius 2 is 0.651 bits per heavy atom. The Bertz CT molecular complexity index is 2420. The predicted octanol–water partition coefficient (Wildman–Crippen LogP) is 8.28. The Hall–Kier alpha value is -7.40. The molecule has 0 atom stereocenters. The minimum Gasteiger partial charge on any atom is -0.872 e. The number of ketones is 3. The fourth-order valence-electron chi connectivity index (χ4n) is 5.38. The third-order valence-electron chi connectivity index (χ3n) is 8.54. The van der Waals surface area contributed by atoms with Crippen molar-refractivity contribution in [2.75, 3.05) is 0 Å². The minimum atomic E-state index is -0.264. The second-order valence-electron chi connectivity index (χ2n) is 13.0. The Balaban J connectivity index is 0.000000185. The van der Waals surface area contributed by atoms with E-state index in [1.165, 1.54) is 0 Å². The van der Waals surface area contributed by atoms with Crippen molar-refractivity contribution in [3.63, 3.8) is 0 Å². The van der Waals surface area contributed by atoms with Crippen LogP contribution in [0.2, 0.25) is 0 Å². The van der Waals surface area contributed by atoms with Gasteiger partial charge in [0.2, 0.25) is 0 Å². The van der Waals surface area contributed by atoms with Crippen LogP contribution in [0.4, 0.5) is 0 Å². The van der Waals surface area contributed by atoms with Gasteiger partial charge < -0.3 is 20.3 Å². The van der Waals surface area contributed by atoms with E-state index in [9.17, 15) is 29.7 Å². The summed E-state index contributed by atoms with van der Waals surface area (Å²) < 4.78 is 0. The zero-order valence-electron chi connectivity index (χ0n) is 33.7. The fraction of sp³-hybridized carbons (Fsp3) is 0. The Labute approximate surface area is 397 Å². The Kier molecular flexibility index (Phi) is 20.5. The first-order valence-electron chi connectivity index (χ1n) is 19.3. The third-order valence-corrected chi connectivity index (χ3v) is 8.54. The molecule has 0 aliphatic heterocycles. The fourth-order valence-corrected chi connectivity index (χ4v) is 5.38. The maximum Gasteiger partial charge on any atom is 3.00 e. The molecule has 6 aromatic carbocycles. The van der Waals surface area contributed by atoms with E-state index in [1.54, 1.807) is 164 Å². The van der Waals surface area contributed by atoms with Gasteiger partial charge in [-0.3, -0.25) is 19.4 Å². The number of carbonyl (C=O) groups excluding carboxylic acids is 3. The van der Waals surface area contributed by atoms with Crippen molar-refractivity contribution in [1.29, 1.82) is 0 Å². The molecule has 9 nitrogen and oxygen atoms in total. The molecule has 0 bridgehead atoms. The number of hydrogen-bond donors (Lipinski definition) is 1. The number of rotatable bonds is 10. The molecule has 0 fully saturated rings. The standard InChI is InChI=1S/3C15H12O2.C8H7N3.Tb/c3*16-14(12-7-3-1-4-8-12)11-15(17)13-9-5-2-6-10-13;1-2-4-9-7(3-1)8-10-5-6-11-8;/h3*1-11,16H;1-6H,(H,10,11);/q;;;;+3/p-3/b3*14-11-;;. The molecule has 0 aliphatic carbocycles. The topological polar surface area (TPSA) is 162 Å². The zero-order chi connectivity index (χ0) is 43.8. The van der Waals surface area contributed by atoms with E-state index in [0.717, 1.165) is 29.7 Å². The predicted molar refractivity (Wildman–Crippen MR) is 237 cm³/mol. The summed E-state index contributed by atoms with van der Waals surface area (Å²) in [7, 11) is 0. The number of aromatic amines is 1. The summed E-state index contributed by atoms with van der Waals surface area (Å²) in [6.45, 7) is 0. The summed E-state index contributed by atoms with van der Waals surface area (Å²) in [5, 5.41) is 35.3. The van der Waals surface area contributed by atoms with E-state index in [2.05, 4.69) is 15.0 Å². The number of aromatic nitrogens is 3. The average Bonchev–Trinajstić information content (AvgIpc) is 3.90. The number of nitrogens with one attached hydrogen (secondary N) is 1. The van der Waals surface area contributed by atoms with Gasteiger partial charge in [-0.25, -0.2) is 4.98 Å². The molecular weight excluding hydrogens is 934 g/mol. The molecule has 1 N–H and O–H groups in total. The summed E-state index contributed by atoms with van der Waals surface area (Å²) in [5.74, 6) is -0.776. The number of H-pyrrole nitrogens is 1. The Morgan fingerprint density at radius 3 is 0.905 bits per heavy atom. The van der Waals surface area contributed by atoms with E-state index in [1.807, 2.05) is 54.6 Å². The van der Waals surface area contributed by atoms with Gasteiger partial charge in [0.25, 0.3) is 0 Å². The van der Waals surface area contributed by atoms with Gasteiger partial charge in [-0.1, -0.05) is 205 Å². The molecule has 0 saturated carbocycles. The molecule has 63 heavy (non-hydrogen) atoms. The zero-order valence-corrected chi connectivity index (χ0v) is 35.8. The first-order chi connectivity index (χ1) is 30.3. The van der Waals surface area contributed by atoms with Crippen molar-refractivity contribution >= 4 is 34.6 Å². The van der Waals surface area contributed by atoms with Gasteiger partial charge >= 0.3 is 38.6 Å². The summed E-state index contributed by atoms with van der Waals surface area (Å²) in [6, 6.07) is 58.3. The van der Waals surface area contributed by atoms with E-state index in [4.69, 9.17) is 0 Å². The molecule has 0 spiro atoms. The number of carbonyl (C=O) groups is 3. The van der Waals surface area contributed by atoms with Crippen LogP contribution < -0.4 is 15.3 Å². The van der Waals surface area contributed by atoms with Crippen molar-refractivity contribution in [3.05, 3.63) is 270 Å². The molecular formula is C53H40N3O6Tb. The van der Waals surface area contributed by atoms with Crippen molar-refractivity contribution in [2.24, 2.45) is 0 Å². The van der Waals surface area contributed by atoms with Crippen LogP contribution in [-0.4, -0.2) is 32.3 Å². The van der Waals surface area contributed by atoms with E-state index >= 15 is 0 Å². The number of imidazole rings is 1. The average molecular weight is 974 g/mol. The van der Waals surface area contributed by atoms with Gasteiger partial charge in [0, 0.05) is 35.3 Å². The van der Waals surface area contributed by atoms with Gasteiger partial charge in [0.15, 0.2) is 23.2 Å². The third kappa shape index (κ3) is 16.5. The van der Waals surface area contributed by atoms with Gasteiger partial charge in [0.05, 0.1) is 0 Å².